The molecule has 3 N–H and O–H groups in total. The van der Waals surface area contributed by atoms with Crippen molar-refractivity contribution in [2.24, 2.45) is 0 Å². The highest BCUT2D eigenvalue weighted by atomic mass is 35.5. The largest absolute Gasteiger partial charge is 0.495 e. The number of aromatic amines is 1. The van der Waals surface area contributed by atoms with Crippen LogP contribution in [-0.4, -0.2) is 73.8 Å². The highest BCUT2D eigenvalue weighted by Gasteiger charge is 2.25. The summed E-state index contributed by atoms with van der Waals surface area (Å²) in [5.41, 5.74) is 8.11. The lowest BCUT2D eigenvalue weighted by Crippen LogP contribution is -2.49. The number of piperazine rings is 1. The Morgan fingerprint density at radius 1 is 1.17 bits per heavy atom. The Morgan fingerprint density at radius 2 is 1.94 bits per heavy atom. The van der Waals surface area contributed by atoms with Crippen molar-refractivity contribution in [1.82, 2.24) is 34.6 Å². The summed E-state index contributed by atoms with van der Waals surface area (Å²) < 4.78 is 6.88. The van der Waals surface area contributed by atoms with Crippen molar-refractivity contribution in [3.63, 3.8) is 0 Å². The molecule has 0 atom stereocenters. The molecule has 35 heavy (non-hydrogen) atoms. The van der Waals surface area contributed by atoms with Gasteiger partial charge in [0.15, 0.2) is 11.5 Å². The van der Waals surface area contributed by atoms with E-state index in [1.165, 1.54) is 6.33 Å². The maximum Gasteiger partial charge on any atom is 0.244 e. The molecule has 0 aliphatic carbocycles. The average Bonchev–Trinajstić information content (AvgIpc) is 3.49. The molecule has 5 rings (SSSR count). The predicted octanol–water partition coefficient (Wildman–Crippen LogP) is 2.65. The van der Waals surface area contributed by atoms with E-state index in [1.807, 2.05) is 23.1 Å². The van der Waals surface area contributed by atoms with Gasteiger partial charge in [-0.2, -0.15) is 5.10 Å². The number of nitrogen functional groups attached to an aromatic ring is 1. The first-order valence-electron chi connectivity index (χ1n) is 10.4. The molecule has 11 nitrogen and oxygen atoms in total. The molecule has 1 aromatic carbocycles. The van der Waals surface area contributed by atoms with E-state index in [1.54, 1.807) is 24.2 Å². The van der Waals surface area contributed by atoms with Gasteiger partial charge in [0.25, 0.3) is 0 Å². The van der Waals surface area contributed by atoms with E-state index < -0.39 is 0 Å². The standard InChI is InChI=1S/C21H22ClN9O2.2ClH/c1-33-15-10-13(2-3-14(15)22)29-6-8-30(9-7-29)16(32)11-31-21-17(19(23)26-12-27-21)18(28-31)20-24-4-5-25-20;;/h2-5,10,12H,6-9,11H2,1H3,(H,24,25)(H2,23,26,27);2*1H. The fraction of sp³-hybridized carbons (Fsp3) is 0.286. The Bertz CT molecular complexity index is 1310. The molecule has 0 radical (unpaired) electrons. The van der Waals surface area contributed by atoms with Crippen LogP contribution in [0.5, 0.6) is 5.75 Å². The smallest absolute Gasteiger partial charge is 0.244 e. The van der Waals surface area contributed by atoms with Crippen LogP contribution in [0, 0.1) is 0 Å². The van der Waals surface area contributed by atoms with Gasteiger partial charge in [0, 0.05) is 50.3 Å². The first-order chi connectivity index (χ1) is 16.0. The van der Waals surface area contributed by atoms with Crippen molar-refractivity contribution in [3.8, 4) is 17.3 Å². The van der Waals surface area contributed by atoms with Crippen molar-refractivity contribution in [2.75, 3.05) is 43.9 Å². The number of hydrogen-bond acceptors (Lipinski definition) is 8. The number of nitrogens with one attached hydrogen (secondary N) is 1. The Balaban J connectivity index is 0.00000171. The highest BCUT2D eigenvalue weighted by Crippen LogP contribution is 2.30. The number of nitrogens with two attached hydrogens (primary N) is 1. The first kappa shape index (κ1) is 26.3. The number of carbonyl (C=O) groups is 1. The number of benzene rings is 1. The number of fused-ring (bicyclic) bond motifs is 1. The Morgan fingerprint density at radius 3 is 2.63 bits per heavy atom. The van der Waals surface area contributed by atoms with E-state index in [4.69, 9.17) is 22.1 Å². The van der Waals surface area contributed by atoms with Crippen LogP contribution in [0.4, 0.5) is 11.5 Å². The number of halogens is 3. The number of carbonyl (C=O) groups excluding carboxylic acids is 1. The van der Waals surface area contributed by atoms with Gasteiger partial charge < -0.3 is 25.3 Å². The molecule has 14 heteroatoms. The molecule has 0 spiro atoms. The number of rotatable bonds is 5. The summed E-state index contributed by atoms with van der Waals surface area (Å²) in [5.74, 6) is 1.42. The van der Waals surface area contributed by atoms with Gasteiger partial charge >= 0.3 is 0 Å². The van der Waals surface area contributed by atoms with E-state index in [-0.39, 0.29) is 43.1 Å². The molecule has 1 aliphatic rings. The van der Waals surface area contributed by atoms with E-state index >= 15 is 0 Å². The van der Waals surface area contributed by atoms with Crippen LogP contribution in [0.2, 0.25) is 5.02 Å². The molecular weight excluding hydrogens is 517 g/mol. The summed E-state index contributed by atoms with van der Waals surface area (Å²) >= 11 is 6.14. The van der Waals surface area contributed by atoms with E-state index in [0.717, 1.165) is 5.69 Å². The fourth-order valence-electron chi connectivity index (χ4n) is 3.99. The molecule has 0 bridgehead atoms. The van der Waals surface area contributed by atoms with Gasteiger partial charge in [-0.25, -0.2) is 19.6 Å². The molecular formula is C21H24Cl3N9O2. The van der Waals surface area contributed by atoms with Crippen LogP contribution in [0.15, 0.2) is 36.9 Å². The minimum absolute atomic E-state index is 0. The topological polar surface area (TPSA) is 131 Å². The van der Waals surface area contributed by atoms with Crippen molar-refractivity contribution in [2.45, 2.75) is 6.54 Å². The SMILES string of the molecule is COc1cc(N2CCN(C(=O)Cn3nc(-c4ncc[nH]4)c4c(N)ncnc43)CC2)ccc1Cl.Cl.Cl. The van der Waals surface area contributed by atoms with Gasteiger partial charge in [-0.15, -0.1) is 24.8 Å². The number of methoxy groups -OCH3 is 1. The number of nitrogens with zero attached hydrogens (tertiary/aromatic N) is 7. The lowest BCUT2D eigenvalue weighted by molar-refractivity contribution is -0.132. The third-order valence-corrected chi connectivity index (χ3v) is 6.01. The zero-order valence-electron chi connectivity index (χ0n) is 18.7. The summed E-state index contributed by atoms with van der Waals surface area (Å²) in [5, 5.41) is 5.71. The molecule has 4 aromatic rings. The summed E-state index contributed by atoms with van der Waals surface area (Å²) in [6, 6.07) is 5.69. The molecule has 1 saturated heterocycles. The summed E-state index contributed by atoms with van der Waals surface area (Å²) in [6.07, 6.45) is 4.69. The summed E-state index contributed by atoms with van der Waals surface area (Å²) in [7, 11) is 1.59. The maximum absolute atomic E-state index is 13.1. The minimum Gasteiger partial charge on any atom is -0.495 e. The van der Waals surface area contributed by atoms with Gasteiger partial charge in [0.1, 0.15) is 30.1 Å². The second-order valence-corrected chi connectivity index (χ2v) is 8.00. The number of ether oxygens (including phenoxy) is 1. The minimum atomic E-state index is -0.0454. The molecule has 1 amide bonds. The molecule has 186 valence electrons. The number of imidazole rings is 1. The molecule has 4 heterocycles. The van der Waals surface area contributed by atoms with Crippen molar-refractivity contribution in [3.05, 3.63) is 41.9 Å². The maximum atomic E-state index is 13.1. The van der Waals surface area contributed by atoms with Crippen molar-refractivity contribution < 1.29 is 9.53 Å². The van der Waals surface area contributed by atoms with Crippen LogP contribution in [-0.2, 0) is 11.3 Å². The molecule has 0 saturated carbocycles. The first-order valence-corrected chi connectivity index (χ1v) is 10.8. The van der Waals surface area contributed by atoms with Crippen LogP contribution in [0.25, 0.3) is 22.6 Å². The third kappa shape index (κ3) is 5.07. The summed E-state index contributed by atoms with van der Waals surface area (Å²) in [4.78, 5) is 32.8. The number of aromatic nitrogens is 6. The number of amides is 1. The van der Waals surface area contributed by atoms with Crippen LogP contribution >= 0.6 is 36.4 Å². The molecule has 0 unspecified atom stereocenters. The number of H-pyrrole nitrogens is 1. The normalized spacial score (nSPS) is 13.3. The second kappa shape index (κ2) is 11.0. The second-order valence-electron chi connectivity index (χ2n) is 7.59. The van der Waals surface area contributed by atoms with Crippen molar-refractivity contribution in [1.29, 1.82) is 0 Å². The average molecular weight is 541 g/mol. The Kier molecular flexibility index (Phi) is 8.26. The quantitative estimate of drug-likeness (QED) is 0.395. The molecule has 1 fully saturated rings. The van der Waals surface area contributed by atoms with Gasteiger partial charge in [0.2, 0.25) is 5.91 Å². The summed E-state index contributed by atoms with van der Waals surface area (Å²) in [6.45, 7) is 2.62. The van der Waals surface area contributed by atoms with Gasteiger partial charge in [0.05, 0.1) is 17.5 Å². The predicted molar refractivity (Wildman–Crippen MR) is 139 cm³/mol. The fourth-order valence-corrected chi connectivity index (χ4v) is 4.18. The molecule has 1 aliphatic heterocycles. The Hall–Kier alpha value is -3.28. The van der Waals surface area contributed by atoms with Crippen molar-refractivity contribution >= 4 is 64.9 Å². The van der Waals surface area contributed by atoms with E-state index in [9.17, 15) is 4.79 Å². The zero-order chi connectivity index (χ0) is 22.9. The Labute approximate surface area is 218 Å². The van der Waals surface area contributed by atoms with Gasteiger partial charge in [-0.1, -0.05) is 11.6 Å². The third-order valence-electron chi connectivity index (χ3n) is 5.70. The lowest BCUT2D eigenvalue weighted by Gasteiger charge is -2.36. The number of hydrogen-bond donors (Lipinski definition) is 2. The number of anilines is 2. The van der Waals surface area contributed by atoms with Crippen LogP contribution in [0.1, 0.15) is 0 Å². The van der Waals surface area contributed by atoms with Crippen LogP contribution in [0.3, 0.4) is 0 Å². The van der Waals surface area contributed by atoms with E-state index in [2.05, 4.69) is 29.9 Å². The van der Waals surface area contributed by atoms with E-state index in [0.29, 0.717) is 59.5 Å². The monoisotopic (exact) mass is 539 g/mol. The van der Waals surface area contributed by atoms with Gasteiger partial charge in [-0.3, -0.25) is 4.79 Å². The highest BCUT2D eigenvalue weighted by molar-refractivity contribution is 6.32. The lowest BCUT2D eigenvalue weighted by atomic mass is 10.2. The van der Waals surface area contributed by atoms with Gasteiger partial charge in [-0.05, 0) is 12.1 Å². The van der Waals surface area contributed by atoms with Crippen LogP contribution < -0.4 is 15.4 Å². The molecule has 3 aromatic heterocycles. The zero-order valence-corrected chi connectivity index (χ0v) is 21.1.